The first-order valence-electron chi connectivity index (χ1n) is 5.82. The molecule has 1 unspecified atom stereocenters. The predicted octanol–water partition coefficient (Wildman–Crippen LogP) is 1.23. The summed E-state index contributed by atoms with van der Waals surface area (Å²) in [6.07, 6.45) is 6.20. The van der Waals surface area contributed by atoms with Crippen molar-refractivity contribution in [3.05, 3.63) is 0 Å². The van der Waals surface area contributed by atoms with Gasteiger partial charge in [0.25, 0.3) is 0 Å². The van der Waals surface area contributed by atoms with E-state index in [1.54, 1.807) is 0 Å². The minimum absolute atomic E-state index is 0.654. The number of piperidine rings is 1. The molecular formula is C11H24N2O. The summed E-state index contributed by atoms with van der Waals surface area (Å²) in [6.45, 7) is 3.80. The van der Waals surface area contributed by atoms with Crippen molar-refractivity contribution >= 4 is 0 Å². The Balaban J connectivity index is 1.99. The van der Waals surface area contributed by atoms with Crippen molar-refractivity contribution in [2.24, 2.45) is 5.73 Å². The summed E-state index contributed by atoms with van der Waals surface area (Å²) in [5, 5.41) is 0. The van der Waals surface area contributed by atoms with Crippen LogP contribution in [0.4, 0.5) is 0 Å². The minimum Gasteiger partial charge on any atom is -0.380 e. The molecule has 1 fully saturated rings. The van der Waals surface area contributed by atoms with E-state index in [9.17, 15) is 0 Å². The van der Waals surface area contributed by atoms with E-state index in [-0.39, 0.29) is 0 Å². The molecule has 0 spiro atoms. The monoisotopic (exact) mass is 200 g/mol. The highest BCUT2D eigenvalue weighted by atomic mass is 16.5. The summed E-state index contributed by atoms with van der Waals surface area (Å²) in [6, 6.07) is 0.654. The molecule has 3 heteroatoms. The number of ether oxygens (including phenoxy) is 1. The second-order valence-corrected chi connectivity index (χ2v) is 4.20. The van der Waals surface area contributed by atoms with Crippen molar-refractivity contribution in [1.29, 1.82) is 0 Å². The highest BCUT2D eigenvalue weighted by Gasteiger charge is 2.18. The molecule has 0 aliphatic carbocycles. The van der Waals surface area contributed by atoms with Crippen LogP contribution in [0.5, 0.6) is 0 Å². The average Bonchev–Trinajstić information content (AvgIpc) is 2.20. The molecule has 0 aromatic carbocycles. The quantitative estimate of drug-likeness (QED) is 0.655. The van der Waals surface area contributed by atoms with Crippen LogP contribution in [0.1, 0.15) is 32.1 Å². The van der Waals surface area contributed by atoms with Gasteiger partial charge in [-0.15, -0.1) is 0 Å². The highest BCUT2D eigenvalue weighted by Crippen LogP contribution is 2.14. The van der Waals surface area contributed by atoms with Gasteiger partial charge in [0.2, 0.25) is 0 Å². The number of nitrogens with zero attached hydrogens (tertiary/aromatic N) is 1. The Kier molecular flexibility index (Phi) is 6.15. The molecule has 14 heavy (non-hydrogen) atoms. The highest BCUT2D eigenvalue weighted by molar-refractivity contribution is 4.73. The van der Waals surface area contributed by atoms with Gasteiger partial charge in [-0.2, -0.15) is 0 Å². The Hall–Kier alpha value is -0.120. The lowest BCUT2D eigenvalue weighted by Gasteiger charge is -2.32. The van der Waals surface area contributed by atoms with Crippen molar-refractivity contribution in [1.82, 2.24) is 4.90 Å². The molecule has 0 amide bonds. The van der Waals surface area contributed by atoms with Crippen LogP contribution in [-0.2, 0) is 4.74 Å². The zero-order chi connectivity index (χ0) is 10.2. The fraction of sp³-hybridized carbons (Fsp3) is 1.00. The van der Waals surface area contributed by atoms with Crippen molar-refractivity contribution in [2.45, 2.75) is 38.1 Å². The molecule has 0 bridgehead atoms. The van der Waals surface area contributed by atoms with Crippen LogP contribution in [0.25, 0.3) is 0 Å². The van der Waals surface area contributed by atoms with Crippen LogP contribution in [-0.4, -0.2) is 44.3 Å². The van der Waals surface area contributed by atoms with Gasteiger partial charge in [0.1, 0.15) is 0 Å². The van der Waals surface area contributed by atoms with Gasteiger partial charge in [-0.1, -0.05) is 6.42 Å². The van der Waals surface area contributed by atoms with Gasteiger partial charge in [-0.3, -0.25) is 0 Å². The van der Waals surface area contributed by atoms with E-state index < -0.39 is 0 Å². The zero-order valence-electron chi connectivity index (χ0n) is 9.37. The molecular weight excluding hydrogens is 176 g/mol. The van der Waals surface area contributed by atoms with Crippen LogP contribution >= 0.6 is 0 Å². The zero-order valence-corrected chi connectivity index (χ0v) is 9.37. The molecule has 1 atom stereocenters. The smallest absolute Gasteiger partial charge is 0.0621 e. The fourth-order valence-electron chi connectivity index (χ4n) is 1.92. The maximum atomic E-state index is 5.65. The van der Waals surface area contributed by atoms with Gasteiger partial charge >= 0.3 is 0 Å². The molecule has 0 saturated carbocycles. The van der Waals surface area contributed by atoms with E-state index in [1.165, 1.54) is 25.8 Å². The lowest BCUT2D eigenvalue weighted by molar-refractivity contribution is 0.0515. The molecule has 1 rings (SSSR count). The SMILES string of the molecule is CN1CCCCC1COCCCCN. The van der Waals surface area contributed by atoms with Gasteiger partial charge in [-0.25, -0.2) is 0 Å². The van der Waals surface area contributed by atoms with E-state index in [0.29, 0.717) is 6.04 Å². The second kappa shape index (κ2) is 7.21. The first-order chi connectivity index (χ1) is 6.84. The third-order valence-electron chi connectivity index (χ3n) is 2.97. The predicted molar refractivity (Wildman–Crippen MR) is 59.4 cm³/mol. The van der Waals surface area contributed by atoms with E-state index in [4.69, 9.17) is 10.5 Å². The largest absolute Gasteiger partial charge is 0.380 e. The minimum atomic E-state index is 0.654. The first kappa shape index (κ1) is 12.0. The summed E-state index contributed by atoms with van der Waals surface area (Å²) >= 11 is 0. The van der Waals surface area contributed by atoms with Crippen molar-refractivity contribution in [2.75, 3.05) is 33.4 Å². The van der Waals surface area contributed by atoms with Crippen molar-refractivity contribution < 1.29 is 4.74 Å². The standard InChI is InChI=1S/C11H24N2O/c1-13-8-4-2-6-11(13)10-14-9-5-3-7-12/h11H,2-10,12H2,1H3. The number of likely N-dealkylation sites (tertiary alicyclic amines) is 1. The molecule has 0 radical (unpaired) electrons. The molecule has 0 aromatic heterocycles. The Labute approximate surface area is 87.6 Å². The normalized spacial score (nSPS) is 24.0. The summed E-state index contributed by atoms with van der Waals surface area (Å²) in [5.74, 6) is 0. The van der Waals surface area contributed by atoms with Crippen LogP contribution in [0.2, 0.25) is 0 Å². The van der Waals surface area contributed by atoms with Crippen LogP contribution in [0.3, 0.4) is 0 Å². The number of likely N-dealkylation sites (N-methyl/N-ethyl adjacent to an activating group) is 1. The van der Waals surface area contributed by atoms with Crippen molar-refractivity contribution in [3.8, 4) is 0 Å². The Morgan fingerprint density at radius 2 is 2.21 bits per heavy atom. The van der Waals surface area contributed by atoms with Crippen LogP contribution in [0, 0.1) is 0 Å². The number of nitrogens with two attached hydrogens (primary N) is 1. The Morgan fingerprint density at radius 1 is 1.36 bits per heavy atom. The fourth-order valence-corrected chi connectivity index (χ4v) is 1.92. The Morgan fingerprint density at radius 3 is 2.93 bits per heavy atom. The maximum absolute atomic E-state index is 5.65. The van der Waals surface area contributed by atoms with Gasteiger partial charge in [0.15, 0.2) is 0 Å². The molecule has 2 N–H and O–H groups in total. The van der Waals surface area contributed by atoms with Crippen LogP contribution in [0.15, 0.2) is 0 Å². The summed E-state index contributed by atoms with van der Waals surface area (Å²) in [4.78, 5) is 2.42. The number of hydrogen-bond acceptors (Lipinski definition) is 3. The average molecular weight is 200 g/mol. The third-order valence-corrected chi connectivity index (χ3v) is 2.97. The third kappa shape index (κ3) is 4.40. The second-order valence-electron chi connectivity index (χ2n) is 4.20. The molecule has 1 aliphatic heterocycles. The summed E-state index contributed by atoms with van der Waals surface area (Å²) < 4.78 is 5.65. The van der Waals surface area contributed by atoms with Gasteiger partial charge in [-0.05, 0) is 45.8 Å². The van der Waals surface area contributed by atoms with Gasteiger partial charge < -0.3 is 15.4 Å². The molecule has 84 valence electrons. The molecule has 0 aromatic rings. The Bertz CT molecular complexity index is 141. The van der Waals surface area contributed by atoms with E-state index in [2.05, 4.69) is 11.9 Å². The van der Waals surface area contributed by atoms with E-state index >= 15 is 0 Å². The maximum Gasteiger partial charge on any atom is 0.0621 e. The van der Waals surface area contributed by atoms with Crippen LogP contribution < -0.4 is 5.73 Å². The molecule has 1 aliphatic rings. The number of unbranched alkanes of at least 4 members (excludes halogenated alkanes) is 1. The topological polar surface area (TPSA) is 38.5 Å². The lowest BCUT2D eigenvalue weighted by Crippen LogP contribution is -2.39. The molecule has 3 nitrogen and oxygen atoms in total. The van der Waals surface area contributed by atoms with E-state index in [0.717, 1.165) is 32.6 Å². The number of rotatable bonds is 6. The molecule has 1 heterocycles. The summed E-state index contributed by atoms with van der Waals surface area (Å²) in [5.41, 5.74) is 5.41. The van der Waals surface area contributed by atoms with E-state index in [1.807, 2.05) is 0 Å². The number of hydrogen-bond donors (Lipinski definition) is 1. The van der Waals surface area contributed by atoms with Crippen molar-refractivity contribution in [3.63, 3.8) is 0 Å². The lowest BCUT2D eigenvalue weighted by atomic mass is 10.0. The molecule has 1 saturated heterocycles. The van der Waals surface area contributed by atoms with Gasteiger partial charge in [0, 0.05) is 12.6 Å². The first-order valence-corrected chi connectivity index (χ1v) is 5.82. The van der Waals surface area contributed by atoms with Gasteiger partial charge in [0.05, 0.1) is 6.61 Å². The summed E-state index contributed by atoms with van der Waals surface area (Å²) in [7, 11) is 2.20.